The summed E-state index contributed by atoms with van der Waals surface area (Å²) in [5.74, 6) is -0.712. The number of likely N-dealkylation sites (N-methyl/N-ethyl adjacent to an activating group) is 1. The largest absolute Gasteiger partial charge is 0.352 e. The molecule has 0 aromatic heterocycles. The Balaban J connectivity index is 2.13. The van der Waals surface area contributed by atoms with Crippen LogP contribution in [0.5, 0.6) is 0 Å². The molecule has 1 saturated heterocycles. The van der Waals surface area contributed by atoms with Gasteiger partial charge in [0, 0.05) is 19.0 Å². The van der Waals surface area contributed by atoms with Gasteiger partial charge in [0.15, 0.2) is 5.78 Å². The van der Waals surface area contributed by atoms with Crippen LogP contribution in [0.4, 0.5) is 4.79 Å². The second-order valence-corrected chi connectivity index (χ2v) is 4.93. The highest BCUT2D eigenvalue weighted by atomic mass is 16.2. The third-order valence-electron chi connectivity index (χ3n) is 3.57. The number of amides is 3. The van der Waals surface area contributed by atoms with Gasteiger partial charge in [0.1, 0.15) is 5.70 Å². The Morgan fingerprint density at radius 2 is 1.86 bits per heavy atom. The van der Waals surface area contributed by atoms with Gasteiger partial charge in [-0.15, -0.1) is 0 Å². The maximum Gasteiger partial charge on any atom is 0.352 e. The first-order valence-electron chi connectivity index (χ1n) is 6.50. The fourth-order valence-corrected chi connectivity index (χ4v) is 2.41. The Morgan fingerprint density at radius 1 is 1.19 bits per heavy atom. The minimum atomic E-state index is -0.540. The molecular weight excluding hydrogens is 270 g/mol. The highest BCUT2D eigenvalue weighted by molar-refractivity contribution is 6.19. The molecule has 0 atom stereocenters. The molecule has 0 spiro atoms. The molecule has 0 N–H and O–H groups in total. The van der Waals surface area contributed by atoms with E-state index in [1.54, 1.807) is 0 Å². The smallest absolute Gasteiger partial charge is 0.295 e. The quantitative estimate of drug-likeness (QED) is 0.773. The number of hydrogen-bond acceptors (Lipinski definition) is 4. The van der Waals surface area contributed by atoms with Crippen molar-refractivity contribution in [3.63, 3.8) is 0 Å². The molecule has 2 heterocycles. The third kappa shape index (κ3) is 1.96. The highest BCUT2D eigenvalue weighted by Gasteiger charge is 2.44. The number of urea groups is 1. The Bertz CT molecular complexity index is 719. The maximum absolute atomic E-state index is 12.1. The van der Waals surface area contributed by atoms with Crippen LogP contribution >= 0.6 is 0 Å². The lowest BCUT2D eigenvalue weighted by atomic mass is 9.97. The van der Waals surface area contributed by atoms with E-state index in [4.69, 9.17) is 0 Å². The van der Waals surface area contributed by atoms with Crippen LogP contribution in [0.3, 0.4) is 0 Å². The molecule has 6 nitrogen and oxygen atoms in total. The van der Waals surface area contributed by atoms with Gasteiger partial charge in [0.2, 0.25) is 0 Å². The zero-order valence-corrected chi connectivity index (χ0v) is 11.7. The van der Waals surface area contributed by atoms with Crippen LogP contribution in [-0.4, -0.2) is 40.4 Å². The Hall–Kier alpha value is -2.76. The number of carbonyl (C=O) groups excluding carboxylic acids is 3. The predicted octanol–water partition coefficient (Wildman–Crippen LogP) is 1.53. The van der Waals surface area contributed by atoms with Gasteiger partial charge >= 0.3 is 6.03 Å². The van der Waals surface area contributed by atoms with Gasteiger partial charge in [0.25, 0.3) is 5.91 Å². The molecule has 1 aromatic rings. The molecule has 106 valence electrons. The average Bonchev–Trinajstić information content (AvgIpc) is 2.72. The van der Waals surface area contributed by atoms with Crippen LogP contribution in [0.15, 0.2) is 46.7 Å². The topological polar surface area (TPSA) is 70.1 Å². The summed E-state index contributed by atoms with van der Waals surface area (Å²) in [6.45, 7) is 1.39. The first kappa shape index (κ1) is 13.2. The molecule has 0 unspecified atom stereocenters. The van der Waals surface area contributed by atoms with E-state index in [-0.39, 0.29) is 17.9 Å². The van der Waals surface area contributed by atoms with E-state index in [0.29, 0.717) is 11.3 Å². The number of carbonyl (C=O) groups is 3. The van der Waals surface area contributed by atoms with Crippen molar-refractivity contribution in [2.45, 2.75) is 13.3 Å². The summed E-state index contributed by atoms with van der Waals surface area (Å²) >= 11 is 0. The van der Waals surface area contributed by atoms with E-state index in [0.717, 1.165) is 15.5 Å². The predicted molar refractivity (Wildman–Crippen MR) is 75.3 cm³/mol. The summed E-state index contributed by atoms with van der Waals surface area (Å²) in [6, 6.07) is 8.75. The second kappa shape index (κ2) is 4.66. The van der Waals surface area contributed by atoms with Gasteiger partial charge in [-0.1, -0.05) is 30.3 Å². The van der Waals surface area contributed by atoms with Crippen molar-refractivity contribution in [1.82, 2.24) is 9.91 Å². The van der Waals surface area contributed by atoms with Crippen LogP contribution in [0.2, 0.25) is 0 Å². The normalized spacial score (nSPS) is 18.1. The van der Waals surface area contributed by atoms with Crippen molar-refractivity contribution < 1.29 is 14.4 Å². The summed E-state index contributed by atoms with van der Waals surface area (Å²) < 4.78 is 0. The first-order valence-corrected chi connectivity index (χ1v) is 6.50. The number of nitrogens with zero attached hydrogens (tertiary/aromatic N) is 3. The van der Waals surface area contributed by atoms with Crippen LogP contribution in [0.1, 0.15) is 18.9 Å². The van der Waals surface area contributed by atoms with Crippen molar-refractivity contribution in [3.8, 4) is 0 Å². The molecular formula is C15H13N3O3. The first-order chi connectivity index (χ1) is 10.0. The van der Waals surface area contributed by atoms with Crippen LogP contribution in [0, 0.1) is 0 Å². The minimum absolute atomic E-state index is 0.0784. The minimum Gasteiger partial charge on any atom is -0.295 e. The van der Waals surface area contributed by atoms with Gasteiger partial charge in [0.05, 0.1) is 5.71 Å². The fraction of sp³-hybridized carbons (Fsp3) is 0.200. The number of ketones is 1. The van der Waals surface area contributed by atoms with Gasteiger partial charge in [-0.3, -0.25) is 14.5 Å². The number of hydrogen-bond donors (Lipinski definition) is 0. The Labute approximate surface area is 121 Å². The van der Waals surface area contributed by atoms with Crippen molar-refractivity contribution in [1.29, 1.82) is 0 Å². The van der Waals surface area contributed by atoms with Crippen molar-refractivity contribution in [2.24, 2.45) is 5.10 Å². The SMILES string of the molecule is CC(=O)C1=C2C(=O)N(C)C(=O)N2N=C(c2ccccc2)C1. The zero-order valence-electron chi connectivity index (χ0n) is 11.7. The summed E-state index contributed by atoms with van der Waals surface area (Å²) in [4.78, 5) is 37.0. The van der Waals surface area contributed by atoms with E-state index in [1.165, 1.54) is 14.0 Å². The molecule has 2 aliphatic rings. The Morgan fingerprint density at radius 3 is 2.48 bits per heavy atom. The summed E-state index contributed by atoms with van der Waals surface area (Å²) in [5, 5.41) is 5.29. The molecule has 2 aliphatic heterocycles. The van der Waals surface area contributed by atoms with Gasteiger partial charge in [-0.05, 0) is 12.5 Å². The number of allylic oxidation sites excluding steroid dienone is 1. The number of benzene rings is 1. The third-order valence-corrected chi connectivity index (χ3v) is 3.57. The lowest BCUT2D eigenvalue weighted by Gasteiger charge is -2.20. The van der Waals surface area contributed by atoms with Crippen molar-refractivity contribution in [3.05, 3.63) is 47.2 Å². The molecule has 1 aromatic carbocycles. The van der Waals surface area contributed by atoms with E-state index < -0.39 is 11.9 Å². The molecule has 0 aliphatic carbocycles. The van der Waals surface area contributed by atoms with Gasteiger partial charge < -0.3 is 0 Å². The number of imide groups is 1. The van der Waals surface area contributed by atoms with Crippen LogP contribution in [-0.2, 0) is 9.59 Å². The fourth-order valence-electron chi connectivity index (χ4n) is 2.41. The van der Waals surface area contributed by atoms with Gasteiger partial charge in [-0.2, -0.15) is 10.1 Å². The zero-order chi connectivity index (χ0) is 15.1. The molecule has 1 fully saturated rings. The number of fused-ring (bicyclic) bond motifs is 1. The molecule has 0 saturated carbocycles. The average molecular weight is 283 g/mol. The summed E-state index contributed by atoms with van der Waals surface area (Å²) in [6.07, 6.45) is 0.248. The number of Topliss-reactive ketones (excluding diaryl/α,β-unsaturated/α-hetero) is 1. The Kier molecular flexibility index (Phi) is 2.94. The van der Waals surface area contributed by atoms with Crippen LogP contribution in [0.25, 0.3) is 0 Å². The van der Waals surface area contributed by atoms with E-state index in [9.17, 15) is 14.4 Å². The molecule has 21 heavy (non-hydrogen) atoms. The lowest BCUT2D eigenvalue weighted by molar-refractivity contribution is -0.123. The maximum atomic E-state index is 12.1. The molecule has 0 bridgehead atoms. The monoisotopic (exact) mass is 283 g/mol. The van der Waals surface area contributed by atoms with Crippen molar-refractivity contribution >= 4 is 23.4 Å². The van der Waals surface area contributed by atoms with Gasteiger partial charge in [-0.25, -0.2) is 4.79 Å². The number of rotatable bonds is 2. The molecule has 3 amide bonds. The van der Waals surface area contributed by atoms with Crippen LogP contribution < -0.4 is 0 Å². The lowest BCUT2D eigenvalue weighted by Crippen LogP contribution is -2.29. The van der Waals surface area contributed by atoms with Crippen molar-refractivity contribution in [2.75, 3.05) is 7.05 Å². The van der Waals surface area contributed by atoms with E-state index in [1.807, 2.05) is 30.3 Å². The standard InChI is InChI=1S/C15H13N3O3/c1-9(19)11-8-12(10-6-4-3-5-7-10)16-18-13(11)14(20)17(2)15(18)21/h3-7H,8H2,1-2H3. The summed E-state index contributed by atoms with van der Waals surface area (Å²) in [5.41, 5.74) is 1.83. The molecule has 3 rings (SSSR count). The van der Waals surface area contributed by atoms with E-state index in [2.05, 4.69) is 5.10 Å². The number of hydrazone groups is 1. The second-order valence-electron chi connectivity index (χ2n) is 4.93. The molecule has 6 heteroatoms. The van der Waals surface area contributed by atoms with E-state index >= 15 is 0 Å². The molecule has 0 radical (unpaired) electrons. The highest BCUT2D eigenvalue weighted by Crippen LogP contribution is 2.30. The summed E-state index contributed by atoms with van der Waals surface area (Å²) in [7, 11) is 1.38.